The van der Waals surface area contributed by atoms with Crippen LogP contribution < -0.4 is 5.73 Å². The average molecular weight is 159 g/mol. The first-order chi connectivity index (χ1) is 5.35. The zero-order valence-corrected chi connectivity index (χ0v) is 7.81. The Kier molecular flexibility index (Phi) is 7.96. The van der Waals surface area contributed by atoms with Gasteiger partial charge in [0, 0.05) is 13.7 Å². The summed E-state index contributed by atoms with van der Waals surface area (Å²) < 4.78 is 4.96. The molecule has 68 valence electrons. The van der Waals surface area contributed by atoms with Crippen LogP contribution in [0.5, 0.6) is 0 Å². The molecule has 0 saturated carbocycles. The highest BCUT2D eigenvalue weighted by Gasteiger charge is 2.01. The van der Waals surface area contributed by atoms with Gasteiger partial charge in [0.05, 0.1) is 0 Å². The standard InChI is InChI=1S/C9H21NO/c1-3-9(8-10)6-4-5-7-11-2/h9H,3-8,10H2,1-2H3. The Morgan fingerprint density at radius 1 is 1.36 bits per heavy atom. The van der Waals surface area contributed by atoms with Gasteiger partial charge < -0.3 is 10.5 Å². The van der Waals surface area contributed by atoms with Gasteiger partial charge in [0.25, 0.3) is 0 Å². The number of unbranched alkanes of at least 4 members (excludes halogenated alkanes) is 1. The Morgan fingerprint density at radius 3 is 2.55 bits per heavy atom. The number of hydrogen-bond acceptors (Lipinski definition) is 2. The molecule has 0 aliphatic rings. The molecule has 0 fully saturated rings. The lowest BCUT2D eigenvalue weighted by Gasteiger charge is -2.10. The summed E-state index contributed by atoms with van der Waals surface area (Å²) in [6.45, 7) is 3.93. The van der Waals surface area contributed by atoms with E-state index in [1.54, 1.807) is 7.11 Å². The molecule has 0 amide bonds. The zero-order valence-electron chi connectivity index (χ0n) is 7.81. The summed E-state index contributed by atoms with van der Waals surface area (Å²) >= 11 is 0. The third kappa shape index (κ3) is 6.32. The van der Waals surface area contributed by atoms with E-state index < -0.39 is 0 Å². The molecule has 11 heavy (non-hydrogen) atoms. The van der Waals surface area contributed by atoms with Crippen molar-refractivity contribution in [3.63, 3.8) is 0 Å². The largest absolute Gasteiger partial charge is 0.385 e. The van der Waals surface area contributed by atoms with Crippen molar-refractivity contribution in [3.05, 3.63) is 0 Å². The van der Waals surface area contributed by atoms with Gasteiger partial charge in [-0.3, -0.25) is 0 Å². The van der Waals surface area contributed by atoms with Gasteiger partial charge in [-0.15, -0.1) is 0 Å². The van der Waals surface area contributed by atoms with E-state index in [1.165, 1.54) is 25.7 Å². The summed E-state index contributed by atoms with van der Waals surface area (Å²) in [6.07, 6.45) is 4.90. The van der Waals surface area contributed by atoms with Gasteiger partial charge in [-0.2, -0.15) is 0 Å². The first-order valence-corrected chi connectivity index (χ1v) is 4.54. The maximum Gasteiger partial charge on any atom is 0.0462 e. The molecule has 1 unspecified atom stereocenters. The number of ether oxygens (including phenoxy) is 1. The lowest BCUT2D eigenvalue weighted by Crippen LogP contribution is -2.13. The van der Waals surface area contributed by atoms with Gasteiger partial charge in [0.2, 0.25) is 0 Å². The van der Waals surface area contributed by atoms with Crippen molar-refractivity contribution >= 4 is 0 Å². The van der Waals surface area contributed by atoms with E-state index in [9.17, 15) is 0 Å². The molecule has 1 atom stereocenters. The maximum atomic E-state index is 5.57. The highest BCUT2D eigenvalue weighted by Crippen LogP contribution is 2.10. The van der Waals surface area contributed by atoms with Crippen molar-refractivity contribution in [3.8, 4) is 0 Å². The molecule has 0 aromatic heterocycles. The van der Waals surface area contributed by atoms with Crippen LogP contribution in [0.2, 0.25) is 0 Å². The van der Waals surface area contributed by atoms with E-state index in [2.05, 4.69) is 6.92 Å². The molecule has 0 aliphatic carbocycles. The van der Waals surface area contributed by atoms with E-state index in [1.807, 2.05) is 0 Å². The predicted molar refractivity (Wildman–Crippen MR) is 48.6 cm³/mol. The van der Waals surface area contributed by atoms with Crippen LogP contribution in [0.3, 0.4) is 0 Å². The quantitative estimate of drug-likeness (QED) is 0.575. The molecule has 0 rings (SSSR count). The summed E-state index contributed by atoms with van der Waals surface area (Å²) in [5, 5.41) is 0. The van der Waals surface area contributed by atoms with Gasteiger partial charge in [-0.25, -0.2) is 0 Å². The average Bonchev–Trinajstić information content (AvgIpc) is 2.05. The molecular formula is C9H21NO. The van der Waals surface area contributed by atoms with Crippen LogP contribution in [0.4, 0.5) is 0 Å². The monoisotopic (exact) mass is 159 g/mol. The second-order valence-electron chi connectivity index (χ2n) is 3.00. The molecule has 0 radical (unpaired) electrons. The van der Waals surface area contributed by atoms with E-state index in [0.717, 1.165) is 19.1 Å². The molecule has 0 heterocycles. The Morgan fingerprint density at radius 2 is 2.09 bits per heavy atom. The van der Waals surface area contributed by atoms with Crippen molar-refractivity contribution in [2.24, 2.45) is 11.7 Å². The fraction of sp³-hybridized carbons (Fsp3) is 1.00. The summed E-state index contributed by atoms with van der Waals surface area (Å²) in [7, 11) is 1.75. The summed E-state index contributed by atoms with van der Waals surface area (Å²) in [4.78, 5) is 0. The van der Waals surface area contributed by atoms with E-state index in [4.69, 9.17) is 10.5 Å². The first-order valence-electron chi connectivity index (χ1n) is 4.54. The van der Waals surface area contributed by atoms with Crippen LogP contribution in [0.25, 0.3) is 0 Å². The molecule has 2 N–H and O–H groups in total. The Bertz CT molecular complexity index is 72.0. The number of rotatable bonds is 7. The molecule has 0 aliphatic heterocycles. The van der Waals surface area contributed by atoms with Gasteiger partial charge in [-0.1, -0.05) is 19.8 Å². The van der Waals surface area contributed by atoms with Gasteiger partial charge in [0.15, 0.2) is 0 Å². The lowest BCUT2D eigenvalue weighted by atomic mass is 10.00. The van der Waals surface area contributed by atoms with Crippen LogP contribution in [0.15, 0.2) is 0 Å². The molecule has 0 aromatic carbocycles. The van der Waals surface area contributed by atoms with Crippen molar-refractivity contribution < 1.29 is 4.74 Å². The van der Waals surface area contributed by atoms with Crippen molar-refractivity contribution in [1.82, 2.24) is 0 Å². The summed E-state index contributed by atoms with van der Waals surface area (Å²) in [5.41, 5.74) is 5.57. The summed E-state index contributed by atoms with van der Waals surface area (Å²) in [5.74, 6) is 0.729. The fourth-order valence-corrected chi connectivity index (χ4v) is 1.17. The minimum absolute atomic E-state index is 0.729. The van der Waals surface area contributed by atoms with Crippen molar-refractivity contribution in [2.45, 2.75) is 32.6 Å². The van der Waals surface area contributed by atoms with Crippen LogP contribution >= 0.6 is 0 Å². The number of hydrogen-bond donors (Lipinski definition) is 1. The van der Waals surface area contributed by atoms with E-state index in [0.29, 0.717) is 0 Å². The van der Waals surface area contributed by atoms with Crippen molar-refractivity contribution in [1.29, 1.82) is 0 Å². The van der Waals surface area contributed by atoms with E-state index in [-0.39, 0.29) is 0 Å². The second kappa shape index (κ2) is 8.02. The predicted octanol–water partition coefficient (Wildman–Crippen LogP) is 1.79. The fourth-order valence-electron chi connectivity index (χ4n) is 1.17. The Labute approximate surface area is 70.1 Å². The van der Waals surface area contributed by atoms with Gasteiger partial charge in [-0.05, 0) is 25.3 Å². The highest BCUT2D eigenvalue weighted by molar-refractivity contribution is 4.57. The first kappa shape index (κ1) is 10.9. The lowest BCUT2D eigenvalue weighted by molar-refractivity contribution is 0.190. The highest BCUT2D eigenvalue weighted by atomic mass is 16.5. The van der Waals surface area contributed by atoms with Gasteiger partial charge in [0.1, 0.15) is 0 Å². The number of nitrogens with two attached hydrogens (primary N) is 1. The summed E-state index contributed by atoms with van der Waals surface area (Å²) in [6, 6.07) is 0. The maximum absolute atomic E-state index is 5.57. The molecular weight excluding hydrogens is 138 g/mol. The zero-order chi connectivity index (χ0) is 8.53. The van der Waals surface area contributed by atoms with Crippen LogP contribution in [-0.4, -0.2) is 20.3 Å². The molecule has 0 aromatic rings. The van der Waals surface area contributed by atoms with Crippen LogP contribution in [0, 0.1) is 5.92 Å². The topological polar surface area (TPSA) is 35.2 Å². The SMILES string of the molecule is CCC(CN)CCCCOC. The van der Waals surface area contributed by atoms with Crippen LogP contribution in [0.1, 0.15) is 32.6 Å². The molecule has 0 bridgehead atoms. The third-order valence-corrected chi connectivity index (χ3v) is 2.12. The Hall–Kier alpha value is -0.0800. The normalized spacial score (nSPS) is 13.4. The molecule has 2 heteroatoms. The molecule has 0 saturated heterocycles. The minimum atomic E-state index is 0.729. The number of methoxy groups -OCH3 is 1. The smallest absolute Gasteiger partial charge is 0.0462 e. The Balaban J connectivity index is 3.07. The van der Waals surface area contributed by atoms with E-state index >= 15 is 0 Å². The second-order valence-corrected chi connectivity index (χ2v) is 3.00. The minimum Gasteiger partial charge on any atom is -0.385 e. The third-order valence-electron chi connectivity index (χ3n) is 2.12. The van der Waals surface area contributed by atoms with Crippen molar-refractivity contribution in [2.75, 3.05) is 20.3 Å². The molecule has 0 spiro atoms. The van der Waals surface area contributed by atoms with Gasteiger partial charge >= 0.3 is 0 Å². The molecule has 2 nitrogen and oxygen atoms in total. The van der Waals surface area contributed by atoms with Crippen LogP contribution in [-0.2, 0) is 4.74 Å².